The van der Waals surface area contributed by atoms with E-state index < -0.39 is 6.09 Å². The van der Waals surface area contributed by atoms with Crippen LogP contribution in [0.3, 0.4) is 0 Å². The molecule has 1 aliphatic carbocycles. The molecule has 2 aromatic carbocycles. The van der Waals surface area contributed by atoms with Gasteiger partial charge in [0, 0.05) is 5.02 Å². The maximum absolute atomic E-state index is 13.5. The maximum atomic E-state index is 13.5. The van der Waals surface area contributed by atoms with Crippen LogP contribution in [0.15, 0.2) is 48.5 Å². The van der Waals surface area contributed by atoms with Crippen molar-refractivity contribution in [1.82, 2.24) is 5.32 Å². The van der Waals surface area contributed by atoms with E-state index in [9.17, 15) is 9.59 Å². The van der Waals surface area contributed by atoms with Crippen molar-refractivity contribution >= 4 is 29.3 Å². The number of hydrogen-bond donors (Lipinski definition) is 1. The summed E-state index contributed by atoms with van der Waals surface area (Å²) in [5, 5.41) is 3.85. The van der Waals surface area contributed by atoms with Gasteiger partial charge in [0.1, 0.15) is 6.10 Å². The molecule has 1 N–H and O–H groups in total. The normalized spacial score (nSPS) is 24.8. The standard InChI is InChI=1S/C27H33ClN2O3/c1-17(2)20-12-13-27(3,4)15-23(20)33-26(32)30-22-11-10-19(28)14-21(22)25(29-16-24(30)31)18-8-6-5-7-9-18/h5-11,14,17,20,23,25,29H,12-13,15-16H2,1-4H3. The maximum Gasteiger partial charge on any atom is 0.421 e. The number of hydrogen-bond acceptors (Lipinski definition) is 4. The van der Waals surface area contributed by atoms with E-state index in [0.29, 0.717) is 16.6 Å². The first-order chi connectivity index (χ1) is 15.7. The molecule has 1 heterocycles. The van der Waals surface area contributed by atoms with Crippen LogP contribution in [0.2, 0.25) is 5.02 Å². The molecule has 1 fully saturated rings. The second kappa shape index (κ2) is 9.47. The number of halogens is 1. The first-order valence-corrected chi connectivity index (χ1v) is 12.2. The van der Waals surface area contributed by atoms with Crippen molar-refractivity contribution in [2.45, 2.75) is 59.1 Å². The zero-order chi connectivity index (χ0) is 23.8. The van der Waals surface area contributed by atoms with E-state index in [1.165, 1.54) is 4.90 Å². The van der Waals surface area contributed by atoms with Gasteiger partial charge in [-0.2, -0.15) is 0 Å². The Bertz CT molecular complexity index is 1020. The third-order valence-corrected chi connectivity index (χ3v) is 7.29. The molecular formula is C27H33ClN2O3. The summed E-state index contributed by atoms with van der Waals surface area (Å²) < 4.78 is 6.10. The largest absolute Gasteiger partial charge is 0.445 e. The summed E-state index contributed by atoms with van der Waals surface area (Å²) in [4.78, 5) is 27.9. The molecule has 33 heavy (non-hydrogen) atoms. The molecule has 0 radical (unpaired) electrons. The molecule has 0 saturated heterocycles. The predicted molar refractivity (Wildman–Crippen MR) is 131 cm³/mol. The van der Waals surface area contributed by atoms with Crippen LogP contribution in [0.5, 0.6) is 0 Å². The number of imide groups is 1. The lowest BCUT2D eigenvalue weighted by molar-refractivity contribution is -0.117. The smallest absolute Gasteiger partial charge is 0.421 e. The number of amides is 2. The molecule has 2 aliphatic rings. The molecule has 3 atom stereocenters. The first-order valence-electron chi connectivity index (χ1n) is 11.8. The lowest BCUT2D eigenvalue weighted by atomic mass is 9.68. The van der Waals surface area contributed by atoms with Gasteiger partial charge in [0.05, 0.1) is 18.3 Å². The number of benzene rings is 2. The zero-order valence-corrected chi connectivity index (χ0v) is 20.6. The van der Waals surface area contributed by atoms with Crippen molar-refractivity contribution in [1.29, 1.82) is 0 Å². The van der Waals surface area contributed by atoms with Crippen molar-refractivity contribution in [3.8, 4) is 0 Å². The molecule has 2 aromatic rings. The lowest BCUT2D eigenvalue weighted by Crippen LogP contribution is -2.46. The summed E-state index contributed by atoms with van der Waals surface area (Å²) in [6.45, 7) is 8.80. The summed E-state index contributed by atoms with van der Waals surface area (Å²) in [6.07, 6.45) is 2.09. The van der Waals surface area contributed by atoms with Crippen molar-refractivity contribution < 1.29 is 14.3 Å². The van der Waals surface area contributed by atoms with Crippen molar-refractivity contribution in [2.24, 2.45) is 17.3 Å². The molecule has 4 rings (SSSR count). The van der Waals surface area contributed by atoms with Crippen LogP contribution in [0.4, 0.5) is 10.5 Å². The number of anilines is 1. The molecule has 0 aromatic heterocycles. The number of rotatable bonds is 3. The second-order valence-corrected chi connectivity index (χ2v) is 10.8. The first kappa shape index (κ1) is 23.8. The van der Waals surface area contributed by atoms with Gasteiger partial charge in [0.25, 0.3) is 0 Å². The zero-order valence-electron chi connectivity index (χ0n) is 19.8. The Hall–Kier alpha value is -2.37. The Morgan fingerprint density at radius 3 is 2.61 bits per heavy atom. The molecular weight excluding hydrogens is 436 g/mol. The molecule has 1 saturated carbocycles. The number of ether oxygens (including phenoxy) is 1. The Balaban J connectivity index is 1.68. The monoisotopic (exact) mass is 468 g/mol. The minimum atomic E-state index is -0.604. The molecule has 3 unspecified atom stereocenters. The molecule has 0 spiro atoms. The van der Waals surface area contributed by atoms with E-state index >= 15 is 0 Å². The Kier molecular flexibility index (Phi) is 6.83. The highest BCUT2D eigenvalue weighted by Gasteiger charge is 2.41. The van der Waals surface area contributed by atoms with Crippen LogP contribution in [-0.4, -0.2) is 24.6 Å². The quantitative estimate of drug-likeness (QED) is 0.569. The molecule has 0 bridgehead atoms. The fourth-order valence-corrected chi connectivity index (χ4v) is 5.41. The number of nitrogens with one attached hydrogen (secondary N) is 1. The highest BCUT2D eigenvalue weighted by molar-refractivity contribution is 6.31. The van der Waals surface area contributed by atoms with Gasteiger partial charge in [0.15, 0.2) is 0 Å². The Labute approximate surface area is 201 Å². The van der Waals surface area contributed by atoms with Gasteiger partial charge >= 0.3 is 6.09 Å². The SMILES string of the molecule is CC(C)C1CCC(C)(C)CC1OC(=O)N1C(=O)CNC(c2ccccc2)c2cc(Cl)ccc21. The van der Waals surface area contributed by atoms with Gasteiger partial charge in [-0.05, 0) is 65.8 Å². The topological polar surface area (TPSA) is 58.6 Å². The van der Waals surface area contributed by atoms with Crippen LogP contribution >= 0.6 is 11.6 Å². The second-order valence-electron chi connectivity index (χ2n) is 10.4. The summed E-state index contributed by atoms with van der Waals surface area (Å²) in [5.41, 5.74) is 2.40. The third kappa shape index (κ3) is 5.10. The van der Waals surface area contributed by atoms with Crippen LogP contribution in [-0.2, 0) is 9.53 Å². The van der Waals surface area contributed by atoms with Crippen molar-refractivity contribution in [3.05, 3.63) is 64.7 Å². The van der Waals surface area contributed by atoms with Crippen LogP contribution in [0.1, 0.15) is 64.1 Å². The summed E-state index contributed by atoms with van der Waals surface area (Å²) in [6, 6.07) is 14.9. The van der Waals surface area contributed by atoms with Gasteiger partial charge in [-0.3, -0.25) is 10.1 Å². The van der Waals surface area contributed by atoms with Crippen LogP contribution in [0.25, 0.3) is 0 Å². The fourth-order valence-electron chi connectivity index (χ4n) is 5.23. The van der Waals surface area contributed by atoms with Gasteiger partial charge in [-0.25, -0.2) is 9.69 Å². The minimum absolute atomic E-state index is 0.0186. The van der Waals surface area contributed by atoms with Crippen molar-refractivity contribution in [2.75, 3.05) is 11.4 Å². The van der Waals surface area contributed by atoms with Gasteiger partial charge < -0.3 is 4.74 Å². The summed E-state index contributed by atoms with van der Waals surface area (Å²) in [5.74, 6) is 0.344. The van der Waals surface area contributed by atoms with E-state index in [4.69, 9.17) is 16.3 Å². The van der Waals surface area contributed by atoms with E-state index in [2.05, 4.69) is 33.0 Å². The number of carbonyl (C=O) groups excluding carboxylic acids is 2. The van der Waals surface area contributed by atoms with Crippen molar-refractivity contribution in [3.63, 3.8) is 0 Å². The highest BCUT2D eigenvalue weighted by Crippen LogP contribution is 2.43. The van der Waals surface area contributed by atoms with E-state index in [1.54, 1.807) is 12.1 Å². The summed E-state index contributed by atoms with van der Waals surface area (Å²) in [7, 11) is 0. The third-order valence-electron chi connectivity index (χ3n) is 7.06. The average Bonchev–Trinajstić information content (AvgIpc) is 2.89. The Morgan fingerprint density at radius 1 is 1.18 bits per heavy atom. The number of carbonyl (C=O) groups is 2. The number of fused-ring (bicyclic) bond motifs is 1. The fraction of sp³-hybridized carbons (Fsp3) is 0.481. The summed E-state index contributed by atoms with van der Waals surface area (Å²) >= 11 is 6.34. The van der Waals surface area contributed by atoms with Gasteiger partial charge in [-0.15, -0.1) is 0 Å². The average molecular weight is 469 g/mol. The molecule has 2 amide bonds. The Morgan fingerprint density at radius 2 is 1.91 bits per heavy atom. The molecule has 1 aliphatic heterocycles. The van der Waals surface area contributed by atoms with Crippen LogP contribution in [0, 0.1) is 17.3 Å². The highest BCUT2D eigenvalue weighted by atomic mass is 35.5. The van der Waals surface area contributed by atoms with E-state index in [-0.39, 0.29) is 35.9 Å². The van der Waals surface area contributed by atoms with Crippen LogP contribution < -0.4 is 10.2 Å². The molecule has 5 nitrogen and oxygen atoms in total. The number of nitrogens with zero attached hydrogens (tertiary/aromatic N) is 1. The molecule has 6 heteroatoms. The lowest BCUT2D eigenvalue weighted by Gasteiger charge is -2.42. The van der Waals surface area contributed by atoms with E-state index in [1.807, 2.05) is 36.4 Å². The van der Waals surface area contributed by atoms with Gasteiger partial charge in [-0.1, -0.05) is 69.6 Å². The molecule has 176 valence electrons. The minimum Gasteiger partial charge on any atom is -0.445 e. The predicted octanol–water partition coefficient (Wildman–Crippen LogP) is 6.35. The van der Waals surface area contributed by atoms with Gasteiger partial charge in [0.2, 0.25) is 5.91 Å². The van der Waals surface area contributed by atoms with E-state index in [0.717, 1.165) is 30.4 Å².